The molecule has 2 heterocycles. The molecule has 5 nitrogen and oxygen atoms in total. The molecule has 1 unspecified atom stereocenters. The third kappa shape index (κ3) is 4.19. The van der Waals surface area contributed by atoms with Gasteiger partial charge in [0.15, 0.2) is 0 Å². The van der Waals surface area contributed by atoms with Gasteiger partial charge < -0.3 is 9.64 Å². The lowest BCUT2D eigenvalue weighted by Crippen LogP contribution is -2.49. The molecule has 1 aromatic rings. The number of likely N-dealkylation sites (N-methyl/N-ethyl adjacent to an activating group) is 1. The van der Waals surface area contributed by atoms with E-state index in [1.54, 1.807) is 0 Å². The van der Waals surface area contributed by atoms with E-state index in [1.165, 1.54) is 0 Å². The van der Waals surface area contributed by atoms with Crippen molar-refractivity contribution in [1.82, 2.24) is 14.8 Å². The summed E-state index contributed by atoms with van der Waals surface area (Å²) in [5, 5.41) is 0. The van der Waals surface area contributed by atoms with Gasteiger partial charge in [-0.15, -0.1) is 0 Å². The first-order valence-electron chi connectivity index (χ1n) is 8.05. The lowest BCUT2D eigenvalue weighted by molar-refractivity contribution is -0.138. The second-order valence-electron chi connectivity index (χ2n) is 6.20. The van der Waals surface area contributed by atoms with Crippen molar-refractivity contribution in [3.8, 4) is 5.88 Å². The number of rotatable bonds is 5. The predicted molar refractivity (Wildman–Crippen MR) is 87.0 cm³/mol. The van der Waals surface area contributed by atoms with Crippen LogP contribution in [0.2, 0.25) is 0 Å². The van der Waals surface area contributed by atoms with Gasteiger partial charge in [0.25, 0.3) is 0 Å². The van der Waals surface area contributed by atoms with Gasteiger partial charge in [0.2, 0.25) is 11.8 Å². The van der Waals surface area contributed by atoms with Gasteiger partial charge in [-0.1, -0.05) is 13.0 Å². The number of aryl methyl sites for hydroxylation is 1. The average molecular weight is 305 g/mol. The molecule has 1 aliphatic heterocycles. The summed E-state index contributed by atoms with van der Waals surface area (Å²) in [6.45, 7) is 5.59. The number of pyridine rings is 1. The van der Waals surface area contributed by atoms with Gasteiger partial charge in [-0.3, -0.25) is 9.69 Å². The van der Waals surface area contributed by atoms with E-state index in [4.69, 9.17) is 4.74 Å². The zero-order valence-electron chi connectivity index (χ0n) is 14.1. The Bertz CT molecular complexity index is 479. The molecule has 5 heteroatoms. The van der Waals surface area contributed by atoms with Crippen molar-refractivity contribution < 1.29 is 9.53 Å². The summed E-state index contributed by atoms with van der Waals surface area (Å²) in [6.07, 6.45) is 4.54. The Hall–Kier alpha value is -1.62. The highest BCUT2D eigenvalue weighted by Crippen LogP contribution is 2.19. The normalized spacial score (nSPS) is 17.6. The molecule has 1 aliphatic rings. The van der Waals surface area contributed by atoms with Crippen LogP contribution in [-0.4, -0.2) is 60.0 Å². The molecule has 122 valence electrons. The van der Waals surface area contributed by atoms with Crippen molar-refractivity contribution in [2.45, 2.75) is 45.3 Å². The minimum atomic E-state index is -0.0174. The van der Waals surface area contributed by atoms with Gasteiger partial charge >= 0.3 is 0 Å². The van der Waals surface area contributed by atoms with E-state index in [1.807, 2.05) is 49.1 Å². The quantitative estimate of drug-likeness (QED) is 0.836. The minimum absolute atomic E-state index is 0.0174. The van der Waals surface area contributed by atoms with E-state index < -0.39 is 0 Å². The average Bonchev–Trinajstić information content (AvgIpc) is 2.50. The molecular formula is C17H27N3O2. The number of carbonyl (C=O) groups excluding carboxylic acids is 1. The van der Waals surface area contributed by atoms with Crippen molar-refractivity contribution in [3.05, 3.63) is 23.9 Å². The van der Waals surface area contributed by atoms with Crippen molar-refractivity contribution >= 4 is 5.91 Å². The maximum absolute atomic E-state index is 12.5. The second-order valence-corrected chi connectivity index (χ2v) is 6.20. The van der Waals surface area contributed by atoms with E-state index in [9.17, 15) is 4.79 Å². The minimum Gasteiger partial charge on any atom is -0.474 e. The number of amides is 1. The maximum Gasteiger partial charge on any atom is 0.239 e. The Morgan fingerprint density at radius 3 is 2.59 bits per heavy atom. The van der Waals surface area contributed by atoms with Crippen LogP contribution in [0.25, 0.3) is 0 Å². The first-order valence-corrected chi connectivity index (χ1v) is 8.05. The molecule has 0 bridgehead atoms. The first kappa shape index (κ1) is 16.7. The van der Waals surface area contributed by atoms with Crippen LogP contribution in [0.4, 0.5) is 0 Å². The van der Waals surface area contributed by atoms with Crippen molar-refractivity contribution in [2.24, 2.45) is 0 Å². The predicted octanol–water partition coefficient (Wildman–Crippen LogP) is 2.10. The van der Waals surface area contributed by atoms with Crippen molar-refractivity contribution in [3.63, 3.8) is 0 Å². The van der Waals surface area contributed by atoms with Crippen LogP contribution in [0.1, 0.15) is 31.7 Å². The van der Waals surface area contributed by atoms with Gasteiger partial charge in [0, 0.05) is 38.2 Å². The van der Waals surface area contributed by atoms with E-state index in [-0.39, 0.29) is 18.1 Å². The molecule has 2 rings (SSSR count). The van der Waals surface area contributed by atoms with Crippen LogP contribution in [0.5, 0.6) is 5.88 Å². The summed E-state index contributed by atoms with van der Waals surface area (Å²) < 4.78 is 5.91. The summed E-state index contributed by atoms with van der Waals surface area (Å²) in [7, 11) is 3.93. The SMILES string of the molecule is CCC(C(=O)N1CCC(Oc2ccc(C)cn2)CC1)N(C)C. The van der Waals surface area contributed by atoms with Gasteiger partial charge in [-0.25, -0.2) is 4.98 Å². The Balaban J connectivity index is 1.85. The summed E-state index contributed by atoms with van der Waals surface area (Å²) in [5.74, 6) is 0.912. The standard InChI is InChI=1S/C17H27N3O2/c1-5-15(19(3)4)17(21)20-10-8-14(9-11-20)22-16-7-6-13(2)12-18-16/h6-7,12,14-15H,5,8-11H2,1-4H3. The summed E-state index contributed by atoms with van der Waals surface area (Å²) in [6, 6.07) is 3.90. The van der Waals surface area contributed by atoms with Crippen LogP contribution < -0.4 is 4.74 Å². The van der Waals surface area contributed by atoms with Gasteiger partial charge in [0.05, 0.1) is 6.04 Å². The van der Waals surface area contributed by atoms with Crippen LogP contribution in [0, 0.1) is 6.92 Å². The molecule has 0 saturated carbocycles. The molecule has 0 N–H and O–H groups in total. The van der Waals surface area contributed by atoms with E-state index in [0.29, 0.717) is 5.88 Å². The Labute approximate surface area is 133 Å². The third-order valence-electron chi connectivity index (χ3n) is 4.22. The van der Waals surface area contributed by atoms with Crippen molar-refractivity contribution in [2.75, 3.05) is 27.2 Å². The Morgan fingerprint density at radius 1 is 1.41 bits per heavy atom. The second kappa shape index (κ2) is 7.58. The van der Waals surface area contributed by atoms with Crippen LogP contribution in [0.15, 0.2) is 18.3 Å². The number of ether oxygens (including phenoxy) is 1. The van der Waals surface area contributed by atoms with E-state index >= 15 is 0 Å². The summed E-state index contributed by atoms with van der Waals surface area (Å²) >= 11 is 0. The Kier molecular flexibility index (Phi) is 5.77. The number of nitrogens with zero attached hydrogens (tertiary/aromatic N) is 3. The van der Waals surface area contributed by atoms with E-state index in [2.05, 4.69) is 11.9 Å². The molecule has 0 aliphatic carbocycles. The Morgan fingerprint density at radius 2 is 2.09 bits per heavy atom. The first-order chi connectivity index (χ1) is 10.5. The number of hydrogen-bond acceptors (Lipinski definition) is 4. The lowest BCUT2D eigenvalue weighted by atomic mass is 10.1. The fourth-order valence-electron chi connectivity index (χ4n) is 2.86. The third-order valence-corrected chi connectivity index (χ3v) is 4.22. The smallest absolute Gasteiger partial charge is 0.239 e. The molecule has 0 spiro atoms. The molecule has 22 heavy (non-hydrogen) atoms. The number of carbonyl (C=O) groups is 1. The zero-order valence-corrected chi connectivity index (χ0v) is 14.1. The van der Waals surface area contributed by atoms with Gasteiger partial charge in [0.1, 0.15) is 6.10 Å². The highest BCUT2D eigenvalue weighted by atomic mass is 16.5. The van der Waals surface area contributed by atoms with Gasteiger partial charge in [-0.05, 0) is 33.0 Å². The topological polar surface area (TPSA) is 45.7 Å². The number of aromatic nitrogens is 1. The fourth-order valence-corrected chi connectivity index (χ4v) is 2.86. The largest absolute Gasteiger partial charge is 0.474 e. The molecule has 0 aromatic carbocycles. The number of hydrogen-bond donors (Lipinski definition) is 0. The van der Waals surface area contributed by atoms with Crippen molar-refractivity contribution in [1.29, 1.82) is 0 Å². The molecule has 1 atom stereocenters. The molecule has 1 fully saturated rings. The highest BCUT2D eigenvalue weighted by molar-refractivity contribution is 5.81. The summed E-state index contributed by atoms with van der Waals surface area (Å²) in [4.78, 5) is 20.8. The van der Waals surface area contributed by atoms with Crippen LogP contribution in [-0.2, 0) is 4.79 Å². The van der Waals surface area contributed by atoms with Crippen LogP contribution in [0.3, 0.4) is 0 Å². The number of likely N-dealkylation sites (tertiary alicyclic amines) is 1. The maximum atomic E-state index is 12.5. The number of piperidine rings is 1. The summed E-state index contributed by atoms with van der Waals surface area (Å²) in [5.41, 5.74) is 1.13. The monoisotopic (exact) mass is 305 g/mol. The molecule has 1 saturated heterocycles. The molecular weight excluding hydrogens is 278 g/mol. The van der Waals surface area contributed by atoms with Crippen LogP contribution >= 0.6 is 0 Å². The van der Waals surface area contributed by atoms with Gasteiger partial charge in [-0.2, -0.15) is 0 Å². The molecule has 0 radical (unpaired) electrons. The zero-order chi connectivity index (χ0) is 16.1. The molecule has 1 amide bonds. The van der Waals surface area contributed by atoms with E-state index in [0.717, 1.165) is 37.9 Å². The lowest BCUT2D eigenvalue weighted by Gasteiger charge is -2.35. The fraction of sp³-hybridized carbons (Fsp3) is 0.647. The molecule has 1 aromatic heterocycles. The highest BCUT2D eigenvalue weighted by Gasteiger charge is 2.29.